The van der Waals surface area contributed by atoms with Gasteiger partial charge in [0.05, 0.1) is 17.2 Å². The van der Waals surface area contributed by atoms with Gasteiger partial charge in [0.15, 0.2) is 0 Å². The molecule has 146 valence electrons. The van der Waals surface area contributed by atoms with Crippen LogP contribution >= 0.6 is 0 Å². The number of halogens is 3. The molecule has 0 fully saturated rings. The molecule has 0 bridgehead atoms. The number of sulfonamides is 1. The molecule has 0 aliphatic rings. The van der Waals surface area contributed by atoms with Crippen LogP contribution in [0.15, 0.2) is 53.4 Å². The van der Waals surface area contributed by atoms with E-state index in [-0.39, 0.29) is 16.1 Å². The maximum atomic E-state index is 12.5. The van der Waals surface area contributed by atoms with E-state index in [1.165, 1.54) is 30.3 Å². The lowest BCUT2D eigenvalue weighted by atomic mass is 10.2. The van der Waals surface area contributed by atoms with Crippen molar-refractivity contribution in [3.8, 4) is 5.75 Å². The minimum absolute atomic E-state index is 0.204. The smallest absolute Gasteiger partial charge is 0.405 e. The summed E-state index contributed by atoms with van der Waals surface area (Å²) < 4.78 is 69.2. The minimum atomic E-state index is -4.56. The molecule has 0 unspecified atom stereocenters. The first-order chi connectivity index (χ1) is 12.6. The summed E-state index contributed by atoms with van der Waals surface area (Å²) in [5.41, 5.74) is 0.0399. The van der Waals surface area contributed by atoms with Crippen LogP contribution in [-0.2, 0) is 10.0 Å². The average Bonchev–Trinajstić information content (AvgIpc) is 2.59. The Bertz CT molecular complexity index is 914. The van der Waals surface area contributed by atoms with E-state index in [1.54, 1.807) is 24.4 Å². The highest BCUT2D eigenvalue weighted by molar-refractivity contribution is 7.92. The fraction of sp³-hybridized carbons (Fsp3) is 0.235. The average molecular weight is 402 g/mol. The molecular formula is C17H17F3N2O4S. The minimum Gasteiger partial charge on any atom is -0.494 e. The number of anilines is 1. The molecule has 0 aliphatic heterocycles. The molecule has 2 aromatic rings. The SMILES string of the molecule is CCOc1cccc(NS(=O)(=O)c2cccc(C(=O)NCC(F)(F)F)c2)c1. The second-order valence-electron chi connectivity index (χ2n) is 5.39. The first-order valence-electron chi connectivity index (χ1n) is 7.81. The van der Waals surface area contributed by atoms with Crippen LogP contribution in [0.4, 0.5) is 18.9 Å². The van der Waals surface area contributed by atoms with Gasteiger partial charge in [0.1, 0.15) is 12.3 Å². The highest BCUT2D eigenvalue weighted by Gasteiger charge is 2.28. The summed E-state index contributed by atoms with van der Waals surface area (Å²) in [5, 5.41) is 1.69. The number of benzene rings is 2. The van der Waals surface area contributed by atoms with Gasteiger partial charge in [0, 0.05) is 11.6 Å². The van der Waals surface area contributed by atoms with Gasteiger partial charge in [-0.25, -0.2) is 8.42 Å². The fourth-order valence-corrected chi connectivity index (χ4v) is 3.21. The van der Waals surface area contributed by atoms with Gasteiger partial charge in [-0.15, -0.1) is 0 Å². The van der Waals surface area contributed by atoms with E-state index in [1.807, 2.05) is 0 Å². The molecule has 6 nitrogen and oxygen atoms in total. The first kappa shape index (κ1) is 20.6. The second kappa shape index (κ2) is 8.30. The number of rotatable bonds is 7. The Morgan fingerprint density at radius 3 is 2.48 bits per heavy atom. The molecule has 0 aliphatic carbocycles. The molecule has 0 spiro atoms. The molecule has 0 saturated heterocycles. The van der Waals surface area contributed by atoms with Gasteiger partial charge in [-0.05, 0) is 37.3 Å². The number of carbonyl (C=O) groups excluding carboxylic acids is 1. The Labute approximate surface area is 154 Å². The topological polar surface area (TPSA) is 84.5 Å². The first-order valence-corrected chi connectivity index (χ1v) is 9.30. The van der Waals surface area contributed by atoms with Crippen molar-refractivity contribution in [3.05, 3.63) is 54.1 Å². The molecule has 10 heteroatoms. The number of hydrogen-bond acceptors (Lipinski definition) is 4. The zero-order valence-electron chi connectivity index (χ0n) is 14.2. The summed E-state index contributed by atoms with van der Waals surface area (Å²) in [6, 6.07) is 11.0. The molecule has 2 N–H and O–H groups in total. The Hall–Kier alpha value is -2.75. The highest BCUT2D eigenvalue weighted by Crippen LogP contribution is 2.21. The van der Waals surface area contributed by atoms with Crippen LogP contribution in [-0.4, -0.2) is 33.7 Å². The van der Waals surface area contributed by atoms with E-state index in [9.17, 15) is 26.4 Å². The van der Waals surface area contributed by atoms with E-state index < -0.39 is 28.7 Å². The second-order valence-corrected chi connectivity index (χ2v) is 7.07. The van der Waals surface area contributed by atoms with Gasteiger partial charge in [0.2, 0.25) is 0 Å². The molecule has 0 atom stereocenters. The number of amides is 1. The number of nitrogens with one attached hydrogen (secondary N) is 2. The third kappa shape index (κ3) is 6.17. The summed E-state index contributed by atoms with van der Waals surface area (Å²) in [4.78, 5) is 11.5. The predicted molar refractivity (Wildman–Crippen MR) is 93.2 cm³/mol. The van der Waals surface area contributed by atoms with Crippen molar-refractivity contribution in [2.75, 3.05) is 17.9 Å². The summed E-state index contributed by atoms with van der Waals surface area (Å²) in [7, 11) is -4.05. The van der Waals surface area contributed by atoms with E-state index in [4.69, 9.17) is 4.74 Å². The molecular weight excluding hydrogens is 385 g/mol. The number of alkyl halides is 3. The zero-order valence-corrected chi connectivity index (χ0v) is 15.0. The molecule has 0 heterocycles. The monoisotopic (exact) mass is 402 g/mol. The van der Waals surface area contributed by atoms with Crippen LogP contribution in [0.1, 0.15) is 17.3 Å². The summed E-state index contributed by atoms with van der Waals surface area (Å²) in [5.74, 6) is -0.555. The fourth-order valence-electron chi connectivity index (χ4n) is 2.12. The lowest BCUT2D eigenvalue weighted by Gasteiger charge is -2.11. The Morgan fingerprint density at radius 2 is 1.81 bits per heavy atom. The van der Waals surface area contributed by atoms with Crippen molar-refractivity contribution in [1.29, 1.82) is 0 Å². The van der Waals surface area contributed by atoms with Crippen LogP contribution in [0.5, 0.6) is 5.75 Å². The Morgan fingerprint density at radius 1 is 1.11 bits per heavy atom. The number of carbonyl (C=O) groups is 1. The van der Waals surface area contributed by atoms with E-state index in [0.29, 0.717) is 12.4 Å². The summed E-state index contributed by atoms with van der Waals surface area (Å²) in [6.07, 6.45) is -4.56. The van der Waals surface area contributed by atoms with Crippen molar-refractivity contribution in [2.24, 2.45) is 0 Å². The highest BCUT2D eigenvalue weighted by atomic mass is 32.2. The lowest BCUT2D eigenvalue weighted by molar-refractivity contribution is -0.123. The van der Waals surface area contributed by atoms with Gasteiger partial charge in [0.25, 0.3) is 15.9 Å². The normalized spacial score (nSPS) is 11.7. The molecule has 0 aromatic heterocycles. The lowest BCUT2D eigenvalue weighted by Crippen LogP contribution is -2.33. The van der Waals surface area contributed by atoms with E-state index in [0.717, 1.165) is 6.07 Å². The molecule has 0 radical (unpaired) electrons. The van der Waals surface area contributed by atoms with Crippen LogP contribution in [0.3, 0.4) is 0 Å². The Kier molecular flexibility index (Phi) is 6.32. The molecule has 1 amide bonds. The van der Waals surface area contributed by atoms with Crippen molar-refractivity contribution in [3.63, 3.8) is 0 Å². The molecule has 2 rings (SSSR count). The van der Waals surface area contributed by atoms with Gasteiger partial charge >= 0.3 is 6.18 Å². The maximum absolute atomic E-state index is 12.5. The summed E-state index contributed by atoms with van der Waals surface area (Å²) >= 11 is 0. The van der Waals surface area contributed by atoms with Gasteiger partial charge in [-0.2, -0.15) is 13.2 Å². The van der Waals surface area contributed by atoms with Gasteiger partial charge in [-0.1, -0.05) is 12.1 Å². The standard InChI is InChI=1S/C17H17F3N2O4S/c1-2-26-14-7-4-6-13(10-14)22-27(24,25)15-8-3-5-12(9-15)16(23)21-11-17(18,19)20/h3-10,22H,2,11H2,1H3,(H,21,23). The quantitative estimate of drug-likeness (QED) is 0.745. The van der Waals surface area contributed by atoms with Crippen LogP contribution < -0.4 is 14.8 Å². The van der Waals surface area contributed by atoms with Gasteiger partial charge in [-0.3, -0.25) is 9.52 Å². The molecule has 0 saturated carbocycles. The number of ether oxygens (including phenoxy) is 1. The third-order valence-corrected chi connectivity index (χ3v) is 4.63. The van der Waals surface area contributed by atoms with Crippen molar-refractivity contribution in [2.45, 2.75) is 18.0 Å². The largest absolute Gasteiger partial charge is 0.494 e. The van der Waals surface area contributed by atoms with Gasteiger partial charge < -0.3 is 10.1 Å². The molecule has 2 aromatic carbocycles. The Balaban J connectivity index is 2.19. The zero-order chi connectivity index (χ0) is 20.1. The van der Waals surface area contributed by atoms with Crippen molar-refractivity contribution in [1.82, 2.24) is 5.32 Å². The maximum Gasteiger partial charge on any atom is 0.405 e. The van der Waals surface area contributed by atoms with Crippen molar-refractivity contribution >= 4 is 21.6 Å². The van der Waals surface area contributed by atoms with E-state index >= 15 is 0 Å². The van der Waals surface area contributed by atoms with Crippen LogP contribution in [0.25, 0.3) is 0 Å². The molecule has 27 heavy (non-hydrogen) atoms. The van der Waals surface area contributed by atoms with Crippen molar-refractivity contribution < 1.29 is 31.1 Å². The number of hydrogen-bond donors (Lipinski definition) is 2. The third-order valence-electron chi connectivity index (χ3n) is 3.25. The predicted octanol–water partition coefficient (Wildman–Crippen LogP) is 3.18. The van der Waals surface area contributed by atoms with Crippen LogP contribution in [0.2, 0.25) is 0 Å². The van der Waals surface area contributed by atoms with E-state index in [2.05, 4.69) is 4.72 Å². The van der Waals surface area contributed by atoms with Crippen LogP contribution in [0, 0.1) is 0 Å². The summed E-state index contributed by atoms with van der Waals surface area (Å²) in [6.45, 7) is 0.683.